The third-order valence-electron chi connectivity index (χ3n) is 11.3. The van der Waals surface area contributed by atoms with E-state index in [0.717, 1.165) is 83.3 Å². The molecular weight excluding hydrogens is 697 g/mol. The molecule has 4 atom stereocenters. The Kier molecular flexibility index (Phi) is 12.5. The number of carbonyl (C=O) groups excluding carboxylic acids is 4. The van der Waals surface area contributed by atoms with E-state index >= 15 is 0 Å². The molecule has 3 aliphatic heterocycles. The van der Waals surface area contributed by atoms with E-state index < -0.39 is 18.2 Å². The Morgan fingerprint density at radius 2 is 1.27 bits per heavy atom. The lowest BCUT2D eigenvalue weighted by atomic mass is 9.74. The van der Waals surface area contributed by atoms with Crippen LogP contribution in [-0.4, -0.2) is 84.2 Å². The molecule has 12 heteroatoms. The van der Waals surface area contributed by atoms with Gasteiger partial charge in [-0.15, -0.1) is 0 Å². The minimum Gasteiger partial charge on any atom is -0.453 e. The number of methoxy groups -OCH3 is 2. The Labute approximate surface area is 324 Å². The average Bonchev–Trinajstić information content (AvgIpc) is 4.00. The molecule has 1 saturated carbocycles. The lowest BCUT2D eigenvalue weighted by Gasteiger charge is -2.36. The maximum absolute atomic E-state index is 13.7. The fraction of sp³-hybridized carbons (Fsp3) is 0.488. The normalized spacial score (nSPS) is 21.4. The first-order chi connectivity index (χ1) is 26.5. The predicted octanol–water partition coefficient (Wildman–Crippen LogP) is 7.41. The minimum absolute atomic E-state index is 0.0251. The fourth-order valence-electron chi connectivity index (χ4n) is 8.27. The smallest absolute Gasteiger partial charge is 0.425 e. The summed E-state index contributed by atoms with van der Waals surface area (Å²) < 4.78 is 9.53. The van der Waals surface area contributed by atoms with Crippen molar-refractivity contribution in [3.05, 3.63) is 72.1 Å². The van der Waals surface area contributed by atoms with Gasteiger partial charge in [-0.2, -0.15) is 0 Å². The lowest BCUT2D eigenvalue weighted by molar-refractivity contribution is -0.142. The highest BCUT2D eigenvalue weighted by molar-refractivity contribution is 6.04. The van der Waals surface area contributed by atoms with Crippen molar-refractivity contribution in [1.29, 1.82) is 0 Å². The van der Waals surface area contributed by atoms with Gasteiger partial charge in [0.05, 0.1) is 20.3 Å². The quantitative estimate of drug-likeness (QED) is 0.242. The second-order valence-electron chi connectivity index (χ2n) is 15.5. The van der Waals surface area contributed by atoms with Crippen molar-refractivity contribution in [3.8, 4) is 11.1 Å². The number of hydrogen-bond donors (Lipinski definition) is 2. The average molecular weight is 751 g/mol. The summed E-state index contributed by atoms with van der Waals surface area (Å²) in [5.41, 5.74) is 11.3. The van der Waals surface area contributed by atoms with Gasteiger partial charge < -0.3 is 19.7 Å². The van der Waals surface area contributed by atoms with Crippen molar-refractivity contribution in [1.82, 2.24) is 20.7 Å². The van der Waals surface area contributed by atoms with Crippen molar-refractivity contribution in [3.63, 3.8) is 0 Å². The molecule has 292 valence electrons. The van der Waals surface area contributed by atoms with Crippen LogP contribution in [0.2, 0.25) is 0 Å². The predicted molar refractivity (Wildman–Crippen MR) is 214 cm³/mol. The highest BCUT2D eigenvalue weighted by Gasteiger charge is 2.40. The van der Waals surface area contributed by atoms with E-state index in [2.05, 4.69) is 59.3 Å². The Morgan fingerprint density at radius 3 is 1.84 bits per heavy atom. The van der Waals surface area contributed by atoms with Crippen LogP contribution in [0.3, 0.4) is 0 Å². The van der Waals surface area contributed by atoms with Crippen LogP contribution in [0.15, 0.2) is 70.9 Å². The SMILES string of the molecule is COC(=O)N[C@H](C(=O)N1CCCC1C1=NC=C(c2ccc(-c3ccc(C4=CN=C(C5CCCC[C@H]5C(=O)N(NC(=O)OC)C(C)C)C4)cc3)cc2)C1)C(C)C. The summed E-state index contributed by atoms with van der Waals surface area (Å²) in [4.78, 5) is 62.7. The van der Waals surface area contributed by atoms with Crippen LogP contribution in [0.25, 0.3) is 22.3 Å². The Morgan fingerprint density at radius 1 is 0.727 bits per heavy atom. The topological polar surface area (TPSA) is 142 Å². The Balaban J connectivity index is 1.05. The standard InChI is InChI=1S/C43H54N6O6/c1-26(2)39(46-42(52)54-5)41(51)48-21-9-12-38(48)37-23-33(25-45-37)31-19-15-29(16-20-31)28-13-17-30(18-14-28)32-22-36(44-24-32)34-10-7-8-11-35(34)40(50)49(27(3)4)47-43(53)55-6/h13-20,24-27,34-35,38-39H,7-12,21-23H2,1-6H3,(H,46,52)(H,47,53)/t34?,35-,38?,39+/m1/s1. The monoisotopic (exact) mass is 750 g/mol. The number of aliphatic imine (C=N–C) groups is 2. The summed E-state index contributed by atoms with van der Waals surface area (Å²) >= 11 is 0. The molecule has 2 aromatic carbocycles. The van der Waals surface area contributed by atoms with Crippen molar-refractivity contribution in [2.45, 2.75) is 97.2 Å². The van der Waals surface area contributed by atoms with Crippen molar-refractivity contribution < 1.29 is 28.7 Å². The number of ether oxygens (including phenoxy) is 2. The van der Waals surface area contributed by atoms with Crippen LogP contribution in [0.5, 0.6) is 0 Å². The molecule has 1 aliphatic carbocycles. The summed E-state index contributed by atoms with van der Waals surface area (Å²) in [6, 6.07) is 16.1. The highest BCUT2D eigenvalue weighted by Crippen LogP contribution is 2.38. The van der Waals surface area contributed by atoms with Crippen LogP contribution in [0, 0.1) is 17.8 Å². The first-order valence-corrected chi connectivity index (χ1v) is 19.5. The minimum atomic E-state index is -0.656. The third-order valence-corrected chi connectivity index (χ3v) is 11.3. The van der Waals surface area contributed by atoms with Gasteiger partial charge >= 0.3 is 12.2 Å². The van der Waals surface area contributed by atoms with E-state index in [1.54, 1.807) is 0 Å². The van der Waals surface area contributed by atoms with E-state index in [1.165, 1.54) is 19.2 Å². The van der Waals surface area contributed by atoms with Crippen molar-refractivity contribution >= 4 is 46.6 Å². The van der Waals surface area contributed by atoms with Gasteiger partial charge in [-0.1, -0.05) is 75.2 Å². The molecule has 6 rings (SSSR count). The number of rotatable bonds is 10. The molecule has 12 nitrogen and oxygen atoms in total. The van der Waals surface area contributed by atoms with Gasteiger partial charge in [0, 0.05) is 61.1 Å². The van der Waals surface area contributed by atoms with Crippen LogP contribution in [0.1, 0.15) is 90.2 Å². The van der Waals surface area contributed by atoms with Crippen LogP contribution in [0.4, 0.5) is 9.59 Å². The zero-order valence-corrected chi connectivity index (χ0v) is 32.8. The van der Waals surface area contributed by atoms with E-state index in [0.29, 0.717) is 19.4 Å². The molecule has 2 aromatic rings. The van der Waals surface area contributed by atoms with Crippen LogP contribution < -0.4 is 10.7 Å². The van der Waals surface area contributed by atoms with Gasteiger partial charge in [-0.3, -0.25) is 19.6 Å². The molecule has 0 spiro atoms. The number of alkyl carbamates (subject to hydrolysis) is 1. The molecule has 2 fully saturated rings. The second-order valence-corrected chi connectivity index (χ2v) is 15.5. The molecule has 1 saturated heterocycles. The summed E-state index contributed by atoms with van der Waals surface area (Å²) in [5, 5.41) is 4.13. The first-order valence-electron chi connectivity index (χ1n) is 19.5. The van der Waals surface area contributed by atoms with E-state index in [1.807, 2.05) is 45.0 Å². The van der Waals surface area contributed by atoms with Gasteiger partial charge in [-0.05, 0) is 78.8 Å². The molecule has 55 heavy (non-hydrogen) atoms. The summed E-state index contributed by atoms with van der Waals surface area (Å²) in [6.45, 7) is 8.23. The van der Waals surface area contributed by atoms with E-state index in [-0.39, 0.29) is 41.7 Å². The molecule has 3 heterocycles. The molecule has 4 aliphatic rings. The van der Waals surface area contributed by atoms with Crippen LogP contribution in [-0.2, 0) is 19.1 Å². The molecule has 4 amide bonds. The van der Waals surface area contributed by atoms with Crippen molar-refractivity contribution in [2.24, 2.45) is 27.7 Å². The van der Waals surface area contributed by atoms with Gasteiger partial charge in [0.15, 0.2) is 0 Å². The zero-order valence-electron chi connectivity index (χ0n) is 32.8. The number of hydrogen-bond acceptors (Lipinski definition) is 8. The summed E-state index contributed by atoms with van der Waals surface area (Å²) in [6.07, 6.45) is 9.39. The van der Waals surface area contributed by atoms with Crippen LogP contribution >= 0.6 is 0 Å². The zero-order chi connectivity index (χ0) is 39.2. The molecule has 2 N–H and O–H groups in total. The Hall–Kier alpha value is -5.26. The molecule has 0 radical (unpaired) electrons. The first kappa shape index (κ1) is 39.4. The number of likely N-dealkylation sites (tertiary alicyclic amines) is 1. The summed E-state index contributed by atoms with van der Waals surface area (Å²) in [7, 11) is 2.59. The van der Waals surface area contributed by atoms with E-state index in [9.17, 15) is 19.2 Å². The number of carbonyl (C=O) groups is 4. The number of allylic oxidation sites excluding steroid dienone is 2. The molecule has 2 unspecified atom stereocenters. The van der Waals surface area contributed by atoms with E-state index in [4.69, 9.17) is 19.5 Å². The Bertz CT molecular complexity index is 1880. The molecule has 0 aromatic heterocycles. The number of nitrogens with zero attached hydrogens (tertiary/aromatic N) is 4. The molecular formula is C43H54N6O6. The van der Waals surface area contributed by atoms with Gasteiger partial charge in [-0.25, -0.2) is 20.0 Å². The second kappa shape index (κ2) is 17.5. The highest BCUT2D eigenvalue weighted by atomic mass is 16.5. The number of amides is 4. The number of benzene rings is 2. The third kappa shape index (κ3) is 8.84. The van der Waals surface area contributed by atoms with Gasteiger partial charge in [0.25, 0.3) is 0 Å². The largest absolute Gasteiger partial charge is 0.453 e. The number of hydrazine groups is 1. The fourth-order valence-corrected chi connectivity index (χ4v) is 8.27. The maximum atomic E-state index is 13.7. The molecule has 0 bridgehead atoms. The number of nitrogens with one attached hydrogen (secondary N) is 2. The van der Waals surface area contributed by atoms with Gasteiger partial charge in [0.2, 0.25) is 11.8 Å². The van der Waals surface area contributed by atoms with Gasteiger partial charge in [0.1, 0.15) is 6.04 Å². The summed E-state index contributed by atoms with van der Waals surface area (Å²) in [5.74, 6) is -0.488. The lowest BCUT2D eigenvalue weighted by Crippen LogP contribution is -2.54. The maximum Gasteiger partial charge on any atom is 0.425 e. The van der Waals surface area contributed by atoms with Crippen molar-refractivity contribution in [2.75, 3.05) is 20.8 Å².